The van der Waals surface area contributed by atoms with E-state index in [4.69, 9.17) is 21.5 Å². The topological polar surface area (TPSA) is 92.0 Å². The van der Waals surface area contributed by atoms with Gasteiger partial charge in [0.1, 0.15) is 12.0 Å². The Morgan fingerprint density at radius 1 is 0.667 bits per heavy atom. The van der Waals surface area contributed by atoms with Crippen LogP contribution in [0.5, 0.6) is 0 Å². The fraction of sp³-hybridized carbons (Fsp3) is 0.0476. The molecule has 1 atom stereocenters. The molecular weight excluding hydrogens is 589 g/mol. The van der Waals surface area contributed by atoms with E-state index in [1.165, 1.54) is 0 Å². The summed E-state index contributed by atoms with van der Waals surface area (Å²) in [6.07, 6.45) is 0.0950. The van der Waals surface area contributed by atoms with Gasteiger partial charge in [-0.25, -0.2) is 9.98 Å². The van der Waals surface area contributed by atoms with E-state index < -0.39 is 0 Å². The molecule has 0 saturated carbocycles. The Kier molecular flexibility index (Phi) is 8.29. The molecule has 1 aliphatic heterocycles. The van der Waals surface area contributed by atoms with Crippen molar-refractivity contribution in [3.63, 3.8) is 0 Å². The molecule has 0 spiro atoms. The molecule has 0 radical (unpaired) electrons. The third-order valence-corrected chi connectivity index (χ3v) is 8.52. The Hall–Kier alpha value is -6.40. The van der Waals surface area contributed by atoms with E-state index in [0.717, 1.165) is 56.0 Å². The molecule has 0 bridgehead atoms. The molecule has 0 aromatic heterocycles. The maximum atomic E-state index is 6.84. The normalized spacial score (nSPS) is 14.4. The molecule has 1 heterocycles. The SMILES string of the molecule is C=C(N=C(N=C(N)c1cccc(N)c1-c1cccc(-c2ccccc2N2c3ccccc3NC2C)c1)c1ccccc1)c1ccccc1. The highest BCUT2D eigenvalue weighted by molar-refractivity contribution is 6.15. The number of anilines is 4. The van der Waals surface area contributed by atoms with Crippen LogP contribution in [0.2, 0.25) is 0 Å². The minimum Gasteiger partial charge on any atom is -0.398 e. The first-order valence-electron chi connectivity index (χ1n) is 15.9. The molecule has 1 aliphatic rings. The van der Waals surface area contributed by atoms with Gasteiger partial charge in [0.25, 0.3) is 0 Å². The number of nitrogens with one attached hydrogen (secondary N) is 1. The molecule has 48 heavy (non-hydrogen) atoms. The van der Waals surface area contributed by atoms with Crippen LogP contribution in [0.15, 0.2) is 168 Å². The minimum atomic E-state index is 0.0950. The first-order chi connectivity index (χ1) is 23.5. The predicted octanol–water partition coefficient (Wildman–Crippen LogP) is 9.34. The van der Waals surface area contributed by atoms with E-state index >= 15 is 0 Å². The monoisotopic (exact) mass is 624 g/mol. The smallest absolute Gasteiger partial charge is 0.162 e. The number of aliphatic imine (C=N–C) groups is 2. The summed E-state index contributed by atoms with van der Waals surface area (Å²) in [5.74, 6) is 0.770. The van der Waals surface area contributed by atoms with Crippen molar-refractivity contribution in [2.24, 2.45) is 15.7 Å². The van der Waals surface area contributed by atoms with Crippen LogP contribution in [0.1, 0.15) is 23.6 Å². The molecule has 7 rings (SSSR count). The Labute approximate surface area is 281 Å². The van der Waals surface area contributed by atoms with Gasteiger partial charge < -0.3 is 21.7 Å². The van der Waals surface area contributed by atoms with Crippen LogP contribution in [0.4, 0.5) is 22.7 Å². The summed E-state index contributed by atoms with van der Waals surface area (Å²) < 4.78 is 0. The van der Waals surface area contributed by atoms with Crippen molar-refractivity contribution in [2.45, 2.75) is 13.1 Å². The van der Waals surface area contributed by atoms with E-state index in [-0.39, 0.29) is 6.17 Å². The van der Waals surface area contributed by atoms with Gasteiger partial charge in [-0.05, 0) is 53.9 Å². The van der Waals surface area contributed by atoms with Crippen LogP contribution in [0, 0.1) is 0 Å². The predicted molar refractivity (Wildman–Crippen MR) is 203 cm³/mol. The zero-order valence-electron chi connectivity index (χ0n) is 26.7. The number of benzene rings is 6. The van der Waals surface area contributed by atoms with Crippen molar-refractivity contribution in [3.8, 4) is 22.3 Å². The number of nitrogens with zero attached hydrogens (tertiary/aromatic N) is 3. The second-order valence-electron chi connectivity index (χ2n) is 11.7. The first-order valence-corrected chi connectivity index (χ1v) is 15.9. The lowest BCUT2D eigenvalue weighted by Gasteiger charge is -2.27. The van der Waals surface area contributed by atoms with E-state index in [1.807, 2.05) is 78.9 Å². The van der Waals surface area contributed by atoms with Crippen molar-refractivity contribution in [1.82, 2.24) is 0 Å². The highest BCUT2D eigenvalue weighted by Gasteiger charge is 2.28. The van der Waals surface area contributed by atoms with Gasteiger partial charge in [0.15, 0.2) is 5.84 Å². The average Bonchev–Trinajstić information content (AvgIpc) is 3.47. The van der Waals surface area contributed by atoms with Gasteiger partial charge in [-0.3, -0.25) is 0 Å². The Balaban J connectivity index is 1.31. The number of nitrogen functional groups attached to an aromatic ring is 1. The third kappa shape index (κ3) is 5.95. The molecule has 0 saturated heterocycles. The zero-order chi connectivity index (χ0) is 33.0. The highest BCUT2D eigenvalue weighted by Crippen LogP contribution is 2.44. The standard InChI is InChI=1S/C42H36N6/c1-28(30-15-5-3-6-16-30)45-42(31-17-7-4-8-18-31)47-41(44)35-22-14-23-36(43)40(35)33-20-13-19-32(27-33)34-21-9-11-25-38(34)48-29(2)46-37-24-10-12-26-39(37)48/h3-27,29,46H,1,43H2,2H3,(H2,44,45,47). The van der Waals surface area contributed by atoms with E-state index in [0.29, 0.717) is 23.1 Å². The number of para-hydroxylation sites is 3. The first kappa shape index (κ1) is 30.3. The number of amidine groups is 2. The fourth-order valence-electron chi connectivity index (χ4n) is 6.26. The summed E-state index contributed by atoms with van der Waals surface area (Å²) in [7, 11) is 0. The van der Waals surface area contributed by atoms with Crippen molar-refractivity contribution in [3.05, 3.63) is 175 Å². The van der Waals surface area contributed by atoms with Gasteiger partial charge in [0.05, 0.1) is 22.8 Å². The van der Waals surface area contributed by atoms with Gasteiger partial charge in [0.2, 0.25) is 0 Å². The Morgan fingerprint density at radius 3 is 2.06 bits per heavy atom. The maximum absolute atomic E-state index is 6.84. The molecule has 0 amide bonds. The molecular formula is C42H36N6. The lowest BCUT2D eigenvalue weighted by atomic mass is 9.93. The minimum absolute atomic E-state index is 0.0950. The average molecular weight is 625 g/mol. The summed E-state index contributed by atoms with van der Waals surface area (Å²) in [5, 5.41) is 3.60. The van der Waals surface area contributed by atoms with Gasteiger partial charge in [0, 0.05) is 27.9 Å². The lowest BCUT2D eigenvalue weighted by Crippen LogP contribution is -2.28. The van der Waals surface area contributed by atoms with E-state index in [9.17, 15) is 0 Å². The van der Waals surface area contributed by atoms with Gasteiger partial charge in [-0.2, -0.15) is 0 Å². The molecule has 234 valence electrons. The molecule has 5 N–H and O–H groups in total. The maximum Gasteiger partial charge on any atom is 0.162 e. The van der Waals surface area contributed by atoms with Crippen molar-refractivity contribution in [2.75, 3.05) is 16.0 Å². The molecule has 6 nitrogen and oxygen atoms in total. The number of fused-ring (bicyclic) bond motifs is 1. The van der Waals surface area contributed by atoms with Gasteiger partial charge >= 0.3 is 0 Å². The van der Waals surface area contributed by atoms with Crippen molar-refractivity contribution < 1.29 is 0 Å². The summed E-state index contributed by atoms with van der Waals surface area (Å²) in [6.45, 7) is 6.39. The van der Waals surface area contributed by atoms with Crippen LogP contribution in [0.3, 0.4) is 0 Å². The second-order valence-corrected chi connectivity index (χ2v) is 11.7. The fourth-order valence-corrected chi connectivity index (χ4v) is 6.26. The summed E-state index contributed by atoms with van der Waals surface area (Å²) in [6, 6.07) is 50.7. The van der Waals surface area contributed by atoms with Crippen molar-refractivity contribution >= 4 is 40.1 Å². The Bertz CT molecular complexity index is 2170. The van der Waals surface area contributed by atoms with Crippen LogP contribution in [0.25, 0.3) is 28.0 Å². The van der Waals surface area contributed by atoms with Crippen LogP contribution in [-0.2, 0) is 0 Å². The quantitative estimate of drug-likeness (QED) is 0.0938. The summed E-state index contributed by atoms with van der Waals surface area (Å²) in [4.78, 5) is 12.1. The van der Waals surface area contributed by atoms with E-state index in [2.05, 4.69) is 96.5 Å². The molecule has 0 fully saturated rings. The van der Waals surface area contributed by atoms with Gasteiger partial charge in [-0.1, -0.05) is 128 Å². The van der Waals surface area contributed by atoms with Crippen LogP contribution in [-0.4, -0.2) is 17.8 Å². The number of nitrogens with two attached hydrogens (primary N) is 2. The molecule has 0 aliphatic carbocycles. The lowest BCUT2D eigenvalue weighted by molar-refractivity contribution is 0.843. The van der Waals surface area contributed by atoms with E-state index in [1.54, 1.807) is 0 Å². The molecule has 1 unspecified atom stereocenters. The van der Waals surface area contributed by atoms with Crippen molar-refractivity contribution in [1.29, 1.82) is 0 Å². The number of hydrogen-bond donors (Lipinski definition) is 3. The number of rotatable bonds is 7. The molecule has 6 aromatic rings. The number of hydrogen-bond acceptors (Lipinski definition) is 4. The van der Waals surface area contributed by atoms with Gasteiger partial charge in [-0.15, -0.1) is 0 Å². The highest BCUT2D eigenvalue weighted by atomic mass is 15.3. The second kappa shape index (κ2) is 13.1. The summed E-state index contributed by atoms with van der Waals surface area (Å²) >= 11 is 0. The molecule has 6 aromatic carbocycles. The third-order valence-electron chi connectivity index (χ3n) is 8.52. The largest absolute Gasteiger partial charge is 0.398 e. The zero-order valence-corrected chi connectivity index (χ0v) is 26.7. The summed E-state index contributed by atoms with van der Waals surface area (Å²) in [5.41, 5.74) is 24.5. The molecule has 6 heteroatoms. The van der Waals surface area contributed by atoms with Crippen LogP contribution >= 0.6 is 0 Å². The van der Waals surface area contributed by atoms with Crippen LogP contribution < -0.4 is 21.7 Å². The Morgan fingerprint density at radius 2 is 1.29 bits per heavy atom.